The van der Waals surface area contributed by atoms with Gasteiger partial charge >= 0.3 is 12.1 Å². The summed E-state index contributed by atoms with van der Waals surface area (Å²) in [6.45, 7) is 2.00. The van der Waals surface area contributed by atoms with Crippen LogP contribution < -0.4 is 0 Å². The number of benzene rings is 1. The predicted octanol–water partition coefficient (Wildman–Crippen LogP) is 5.02. The molecule has 7 nitrogen and oxygen atoms in total. The van der Waals surface area contributed by atoms with Gasteiger partial charge in [0, 0.05) is 18.3 Å². The van der Waals surface area contributed by atoms with E-state index in [4.69, 9.17) is 9.63 Å². The van der Waals surface area contributed by atoms with Crippen molar-refractivity contribution < 1.29 is 27.6 Å². The zero-order valence-corrected chi connectivity index (χ0v) is 19.1. The molecular formula is C25H23F3N4O3. The summed E-state index contributed by atoms with van der Waals surface area (Å²) in [6, 6.07) is 10.4. The Kier molecular flexibility index (Phi) is 6.83. The Morgan fingerprint density at radius 1 is 1.23 bits per heavy atom. The van der Waals surface area contributed by atoms with Gasteiger partial charge in [-0.05, 0) is 49.2 Å². The normalized spacial score (nSPS) is 16.2. The molecule has 4 rings (SSSR count). The van der Waals surface area contributed by atoms with Crippen molar-refractivity contribution in [1.29, 1.82) is 0 Å². The third kappa shape index (κ3) is 5.65. The second kappa shape index (κ2) is 9.83. The predicted molar refractivity (Wildman–Crippen MR) is 122 cm³/mol. The summed E-state index contributed by atoms with van der Waals surface area (Å²) in [5.74, 6) is -1.34. The Morgan fingerprint density at radius 3 is 2.66 bits per heavy atom. The number of halogens is 3. The highest BCUT2D eigenvalue weighted by atomic mass is 19.4. The Balaban J connectivity index is 1.54. The summed E-state index contributed by atoms with van der Waals surface area (Å²) in [5, 5.41) is 12.8. The number of aryl methyl sites for hydroxylation is 1. The number of aliphatic carboxylic acids is 1. The van der Waals surface area contributed by atoms with E-state index < -0.39 is 23.6 Å². The van der Waals surface area contributed by atoms with Gasteiger partial charge in [0.15, 0.2) is 0 Å². The van der Waals surface area contributed by atoms with Crippen LogP contribution in [-0.4, -0.2) is 50.9 Å². The summed E-state index contributed by atoms with van der Waals surface area (Å²) in [4.78, 5) is 21.0. The summed E-state index contributed by atoms with van der Waals surface area (Å²) in [6.07, 6.45) is -0.00382. The van der Waals surface area contributed by atoms with Gasteiger partial charge in [0.25, 0.3) is 0 Å². The maximum atomic E-state index is 13.9. The molecule has 2 aromatic heterocycles. The average Bonchev–Trinajstić information content (AvgIpc) is 3.29. The second-order valence-corrected chi connectivity index (χ2v) is 8.41. The van der Waals surface area contributed by atoms with Crippen LogP contribution in [0, 0.1) is 6.92 Å². The van der Waals surface area contributed by atoms with Crippen LogP contribution in [0.3, 0.4) is 0 Å². The van der Waals surface area contributed by atoms with E-state index in [0.717, 1.165) is 11.6 Å². The third-order valence-corrected chi connectivity index (χ3v) is 5.65. The molecule has 35 heavy (non-hydrogen) atoms. The molecule has 0 aliphatic heterocycles. The van der Waals surface area contributed by atoms with E-state index in [9.17, 15) is 18.0 Å². The third-order valence-electron chi connectivity index (χ3n) is 5.65. The van der Waals surface area contributed by atoms with Gasteiger partial charge in [-0.15, -0.1) is 0 Å². The molecule has 0 fully saturated rings. The Bertz CT molecular complexity index is 1280. The van der Waals surface area contributed by atoms with Gasteiger partial charge in [0.2, 0.25) is 11.7 Å². The fourth-order valence-corrected chi connectivity index (χ4v) is 3.98. The van der Waals surface area contributed by atoms with Crippen LogP contribution in [0.4, 0.5) is 13.2 Å². The average molecular weight is 484 g/mol. The first-order valence-electron chi connectivity index (χ1n) is 10.9. The molecule has 0 radical (unpaired) electrons. The zero-order chi connectivity index (χ0) is 25.2. The van der Waals surface area contributed by atoms with Gasteiger partial charge in [-0.25, -0.2) is 0 Å². The molecule has 1 aliphatic carbocycles. The van der Waals surface area contributed by atoms with Crippen LogP contribution in [0.1, 0.15) is 35.1 Å². The number of hydrogen-bond donors (Lipinski definition) is 1. The number of nitrogens with zero attached hydrogens (tertiary/aromatic N) is 4. The lowest BCUT2D eigenvalue weighted by molar-refractivity contribution is -0.138. The molecule has 1 aromatic carbocycles. The zero-order valence-electron chi connectivity index (χ0n) is 19.1. The molecule has 0 spiro atoms. The number of pyridine rings is 1. The highest BCUT2D eigenvalue weighted by Crippen LogP contribution is 2.43. The van der Waals surface area contributed by atoms with Crippen molar-refractivity contribution in [3.8, 4) is 11.4 Å². The maximum Gasteiger partial charge on any atom is 0.416 e. The van der Waals surface area contributed by atoms with E-state index in [2.05, 4.69) is 15.1 Å². The van der Waals surface area contributed by atoms with Crippen molar-refractivity contribution >= 4 is 11.5 Å². The Hall–Kier alpha value is -3.79. The first kappa shape index (κ1) is 24.3. The van der Waals surface area contributed by atoms with Crippen LogP contribution in [0.25, 0.3) is 17.0 Å². The molecule has 1 N–H and O–H groups in total. The largest absolute Gasteiger partial charge is 0.480 e. The van der Waals surface area contributed by atoms with Crippen LogP contribution in [-0.2, 0) is 11.3 Å². The molecule has 0 saturated carbocycles. The molecule has 2 heterocycles. The first-order chi connectivity index (χ1) is 16.6. The molecule has 1 aliphatic rings. The van der Waals surface area contributed by atoms with Gasteiger partial charge < -0.3 is 9.63 Å². The number of carboxylic acid groups (broad SMARTS) is 1. The van der Waals surface area contributed by atoms with E-state index in [1.165, 1.54) is 6.20 Å². The number of allylic oxidation sites excluding steroid dienone is 4. The highest BCUT2D eigenvalue weighted by Gasteiger charge is 2.39. The fraction of sp³-hybridized carbons (Fsp3) is 0.280. The van der Waals surface area contributed by atoms with Crippen molar-refractivity contribution in [2.45, 2.75) is 32.0 Å². The number of likely N-dealkylation sites (N-methyl/N-ethyl adjacent to an activating group) is 1. The lowest BCUT2D eigenvalue weighted by Gasteiger charge is -2.23. The second-order valence-electron chi connectivity index (χ2n) is 8.41. The minimum atomic E-state index is -4.54. The lowest BCUT2D eigenvalue weighted by Crippen LogP contribution is -2.25. The van der Waals surface area contributed by atoms with E-state index >= 15 is 0 Å². The standard InChI is InChI=1S/C25H23F3N4O3/c1-15-5-3-4-6-19(15)20-10-8-16(11-21(20)25(26,27)28)24-30-23(31-35-24)17-7-9-18(29-12-17)13-32(2)14-22(33)34/h3-7,9-12,16H,8,13-14H2,1-2H3,(H,33,34). The van der Waals surface area contributed by atoms with Gasteiger partial charge in [0.05, 0.1) is 23.7 Å². The Morgan fingerprint density at radius 2 is 2.00 bits per heavy atom. The Labute approximate surface area is 199 Å². The number of hydrogen-bond acceptors (Lipinski definition) is 6. The number of carboxylic acids is 1. The van der Waals surface area contributed by atoms with E-state index in [1.54, 1.807) is 61.3 Å². The van der Waals surface area contributed by atoms with E-state index in [0.29, 0.717) is 23.4 Å². The van der Waals surface area contributed by atoms with Crippen LogP contribution in [0.5, 0.6) is 0 Å². The number of alkyl halides is 3. The highest BCUT2D eigenvalue weighted by molar-refractivity contribution is 5.83. The molecule has 1 unspecified atom stereocenters. The van der Waals surface area contributed by atoms with E-state index in [-0.39, 0.29) is 30.3 Å². The minimum absolute atomic E-state index is 0.0899. The van der Waals surface area contributed by atoms with Crippen molar-refractivity contribution in [1.82, 2.24) is 20.0 Å². The first-order valence-corrected chi connectivity index (χ1v) is 10.9. The molecule has 1 atom stereocenters. The molecule has 3 aromatic rings. The molecule has 10 heteroatoms. The molecule has 0 amide bonds. The van der Waals surface area contributed by atoms with Crippen LogP contribution in [0.15, 0.2) is 64.8 Å². The fourth-order valence-electron chi connectivity index (χ4n) is 3.98. The molecule has 0 saturated heterocycles. The van der Waals surface area contributed by atoms with Crippen molar-refractivity contribution in [3.63, 3.8) is 0 Å². The topological polar surface area (TPSA) is 92.4 Å². The summed E-state index contributed by atoms with van der Waals surface area (Å²) in [7, 11) is 1.67. The van der Waals surface area contributed by atoms with E-state index in [1.807, 2.05) is 0 Å². The lowest BCUT2D eigenvalue weighted by atomic mass is 9.85. The van der Waals surface area contributed by atoms with Crippen LogP contribution >= 0.6 is 0 Å². The van der Waals surface area contributed by atoms with Gasteiger partial charge in [-0.1, -0.05) is 41.6 Å². The molecule has 182 valence electrons. The quantitative estimate of drug-likeness (QED) is 0.504. The SMILES string of the molecule is Cc1ccccc1C1=CCC(c2nc(-c3ccc(CN(C)CC(=O)O)nc3)no2)C=C1C(F)(F)F. The van der Waals surface area contributed by atoms with Crippen molar-refractivity contribution in [2.75, 3.05) is 13.6 Å². The number of aromatic nitrogens is 3. The smallest absolute Gasteiger partial charge is 0.416 e. The minimum Gasteiger partial charge on any atom is -0.480 e. The van der Waals surface area contributed by atoms with Crippen LogP contribution in [0.2, 0.25) is 0 Å². The van der Waals surface area contributed by atoms with Crippen molar-refractivity contribution in [3.05, 3.63) is 83.0 Å². The number of carbonyl (C=O) groups is 1. The van der Waals surface area contributed by atoms with Gasteiger partial charge in [0.1, 0.15) is 0 Å². The molecule has 0 bridgehead atoms. The van der Waals surface area contributed by atoms with Gasteiger partial charge in [-0.2, -0.15) is 18.2 Å². The summed E-state index contributed by atoms with van der Waals surface area (Å²) in [5.41, 5.74) is 1.92. The maximum absolute atomic E-state index is 13.9. The summed E-state index contributed by atoms with van der Waals surface area (Å²) >= 11 is 0. The van der Waals surface area contributed by atoms with Gasteiger partial charge in [-0.3, -0.25) is 14.7 Å². The number of rotatable bonds is 7. The molecular weight excluding hydrogens is 461 g/mol. The summed E-state index contributed by atoms with van der Waals surface area (Å²) < 4.78 is 47.2. The monoisotopic (exact) mass is 484 g/mol. The van der Waals surface area contributed by atoms with Crippen molar-refractivity contribution in [2.24, 2.45) is 0 Å².